The van der Waals surface area contributed by atoms with Crippen molar-refractivity contribution in [3.8, 4) is 0 Å². The number of fused-ring (bicyclic) bond motifs is 8. The standard InChI is InChI=1S/C9H8O4/c10-8-4-2-1-3(7-6(2)12-7)5(4)9(11)13-8/h2-7H,1H2/t2-,3+,4+,5-,6?,7?. The van der Waals surface area contributed by atoms with Crippen molar-refractivity contribution >= 4 is 11.9 Å². The fraction of sp³-hybridized carbons (Fsp3) is 0.778. The monoisotopic (exact) mass is 180 g/mol. The summed E-state index contributed by atoms with van der Waals surface area (Å²) in [6.07, 6.45) is 1.53. The lowest BCUT2D eigenvalue weighted by molar-refractivity contribution is -0.155. The van der Waals surface area contributed by atoms with Crippen LogP contribution in [0.2, 0.25) is 0 Å². The van der Waals surface area contributed by atoms with Gasteiger partial charge >= 0.3 is 11.9 Å². The molecule has 0 amide bonds. The molecule has 0 aromatic heterocycles. The van der Waals surface area contributed by atoms with Crippen LogP contribution in [-0.2, 0) is 19.1 Å². The van der Waals surface area contributed by atoms with Crippen LogP contribution < -0.4 is 0 Å². The summed E-state index contributed by atoms with van der Waals surface area (Å²) >= 11 is 0. The van der Waals surface area contributed by atoms with Gasteiger partial charge in [0.1, 0.15) is 0 Å². The van der Waals surface area contributed by atoms with Crippen molar-refractivity contribution in [2.45, 2.75) is 18.6 Å². The van der Waals surface area contributed by atoms with E-state index in [9.17, 15) is 9.59 Å². The first kappa shape index (κ1) is 6.54. The van der Waals surface area contributed by atoms with Crippen LogP contribution >= 0.6 is 0 Å². The van der Waals surface area contributed by atoms with Crippen LogP contribution in [0.1, 0.15) is 6.42 Å². The lowest BCUT2D eigenvalue weighted by Crippen LogP contribution is -2.29. The van der Waals surface area contributed by atoms with Crippen molar-refractivity contribution in [3.05, 3.63) is 0 Å². The average Bonchev–Trinajstić information content (AvgIpc) is 2.58. The quantitative estimate of drug-likeness (QED) is 0.292. The maximum absolute atomic E-state index is 11.3. The maximum Gasteiger partial charge on any atom is 0.317 e. The zero-order chi connectivity index (χ0) is 8.74. The molecule has 4 nitrogen and oxygen atoms in total. The van der Waals surface area contributed by atoms with Crippen LogP contribution in [0.25, 0.3) is 0 Å². The Labute approximate surface area is 74.2 Å². The van der Waals surface area contributed by atoms with E-state index in [1.807, 2.05) is 0 Å². The summed E-state index contributed by atoms with van der Waals surface area (Å²) in [7, 11) is 0. The number of carbonyl (C=O) groups excluding carboxylic acids is 2. The predicted octanol–water partition coefficient (Wildman–Crippen LogP) is -0.281. The molecule has 68 valence electrons. The molecule has 0 radical (unpaired) electrons. The van der Waals surface area contributed by atoms with E-state index < -0.39 is 0 Å². The molecule has 4 aliphatic rings. The minimum absolute atomic E-state index is 0.166. The smallest absolute Gasteiger partial charge is 0.317 e. The SMILES string of the molecule is O=C1OC(=O)[C@H]2[C@@H]1[C@H]1C[C@@H]2C2OC21. The van der Waals surface area contributed by atoms with Gasteiger partial charge in [0.05, 0.1) is 24.0 Å². The van der Waals surface area contributed by atoms with Crippen LogP contribution in [-0.4, -0.2) is 24.1 Å². The lowest BCUT2D eigenvalue weighted by atomic mass is 9.81. The molecule has 2 saturated carbocycles. The predicted molar refractivity (Wildman–Crippen MR) is 38.3 cm³/mol. The normalized spacial score (nSPS) is 60.6. The number of hydrogen-bond donors (Lipinski definition) is 0. The summed E-state index contributed by atoms with van der Waals surface area (Å²) in [5.41, 5.74) is 0. The minimum Gasteiger partial charge on any atom is -0.393 e. The highest BCUT2D eigenvalue weighted by molar-refractivity contribution is 5.97. The Morgan fingerprint density at radius 3 is 2.08 bits per heavy atom. The molecular formula is C9H8O4. The number of hydrogen-bond acceptors (Lipinski definition) is 4. The Balaban J connectivity index is 1.84. The van der Waals surface area contributed by atoms with Gasteiger partial charge in [-0.1, -0.05) is 0 Å². The molecule has 6 atom stereocenters. The van der Waals surface area contributed by atoms with Crippen LogP contribution in [0.15, 0.2) is 0 Å². The number of carbonyl (C=O) groups is 2. The Morgan fingerprint density at radius 2 is 1.54 bits per heavy atom. The highest BCUT2D eigenvalue weighted by atomic mass is 16.6. The van der Waals surface area contributed by atoms with Gasteiger partial charge in [0.15, 0.2) is 0 Å². The number of rotatable bonds is 0. The van der Waals surface area contributed by atoms with Gasteiger partial charge in [-0.15, -0.1) is 0 Å². The molecule has 2 heterocycles. The second-order valence-corrected chi connectivity index (χ2v) is 4.42. The second-order valence-electron chi connectivity index (χ2n) is 4.42. The number of esters is 2. The van der Waals surface area contributed by atoms with E-state index in [4.69, 9.17) is 4.74 Å². The van der Waals surface area contributed by atoms with Crippen molar-refractivity contribution in [1.29, 1.82) is 0 Å². The first-order valence-corrected chi connectivity index (χ1v) is 4.68. The van der Waals surface area contributed by atoms with E-state index in [2.05, 4.69) is 4.74 Å². The molecule has 0 spiro atoms. The van der Waals surface area contributed by atoms with Crippen LogP contribution in [0.3, 0.4) is 0 Å². The number of epoxide rings is 1. The van der Waals surface area contributed by atoms with E-state index in [1.54, 1.807) is 0 Å². The molecule has 2 saturated heterocycles. The maximum atomic E-state index is 11.3. The van der Waals surface area contributed by atoms with E-state index in [0.29, 0.717) is 0 Å². The Bertz CT molecular complexity index is 307. The molecule has 2 unspecified atom stereocenters. The molecule has 2 aliphatic carbocycles. The fourth-order valence-corrected chi connectivity index (χ4v) is 3.52. The van der Waals surface area contributed by atoms with E-state index in [-0.39, 0.29) is 47.8 Å². The third-order valence-corrected chi connectivity index (χ3v) is 4.00. The summed E-state index contributed by atoms with van der Waals surface area (Å²) < 4.78 is 10.1. The van der Waals surface area contributed by atoms with Crippen molar-refractivity contribution in [2.24, 2.45) is 23.7 Å². The lowest BCUT2D eigenvalue weighted by Gasteiger charge is -2.14. The number of ether oxygens (including phenoxy) is 2. The Morgan fingerprint density at radius 1 is 1.00 bits per heavy atom. The van der Waals surface area contributed by atoms with Crippen molar-refractivity contribution in [3.63, 3.8) is 0 Å². The average molecular weight is 180 g/mol. The first-order valence-electron chi connectivity index (χ1n) is 4.68. The van der Waals surface area contributed by atoms with Gasteiger partial charge < -0.3 is 9.47 Å². The zero-order valence-corrected chi connectivity index (χ0v) is 6.80. The van der Waals surface area contributed by atoms with Crippen molar-refractivity contribution < 1.29 is 19.1 Å². The fourth-order valence-electron chi connectivity index (χ4n) is 3.52. The summed E-state index contributed by atoms with van der Waals surface area (Å²) in [4.78, 5) is 22.6. The Hall–Kier alpha value is -0.900. The molecule has 4 fully saturated rings. The van der Waals surface area contributed by atoms with Gasteiger partial charge in [-0.2, -0.15) is 0 Å². The first-order chi connectivity index (χ1) is 6.27. The van der Waals surface area contributed by atoms with E-state index in [0.717, 1.165) is 6.42 Å². The summed E-state index contributed by atoms with van der Waals surface area (Å²) in [6.45, 7) is 0. The molecule has 13 heavy (non-hydrogen) atoms. The molecule has 0 N–H and O–H groups in total. The van der Waals surface area contributed by atoms with Gasteiger partial charge in [0.25, 0.3) is 0 Å². The number of cyclic esters (lactones) is 2. The zero-order valence-electron chi connectivity index (χ0n) is 6.80. The van der Waals surface area contributed by atoms with Gasteiger partial charge in [0, 0.05) is 11.8 Å². The molecule has 0 aromatic rings. The summed E-state index contributed by atoms with van der Waals surface area (Å²) in [6, 6.07) is 0. The highest BCUT2D eigenvalue weighted by Gasteiger charge is 2.73. The molecule has 4 rings (SSSR count). The molecular weight excluding hydrogens is 172 g/mol. The second kappa shape index (κ2) is 1.66. The van der Waals surface area contributed by atoms with Crippen LogP contribution in [0.5, 0.6) is 0 Å². The molecule has 2 bridgehead atoms. The molecule has 4 heteroatoms. The van der Waals surface area contributed by atoms with Gasteiger partial charge in [0.2, 0.25) is 0 Å². The third kappa shape index (κ3) is 0.544. The van der Waals surface area contributed by atoms with Gasteiger partial charge in [-0.05, 0) is 6.42 Å². The highest BCUT2D eigenvalue weighted by Crippen LogP contribution is 2.63. The van der Waals surface area contributed by atoms with Gasteiger partial charge in [-0.25, -0.2) is 0 Å². The minimum atomic E-state index is -0.309. The summed E-state index contributed by atoms with van der Waals surface area (Å²) in [5.74, 6) is -0.395. The van der Waals surface area contributed by atoms with E-state index in [1.165, 1.54) is 0 Å². The van der Waals surface area contributed by atoms with Crippen LogP contribution in [0.4, 0.5) is 0 Å². The summed E-state index contributed by atoms with van der Waals surface area (Å²) in [5, 5.41) is 0. The van der Waals surface area contributed by atoms with Gasteiger partial charge in [-0.3, -0.25) is 9.59 Å². The molecule has 0 aromatic carbocycles. The topological polar surface area (TPSA) is 55.9 Å². The molecule has 2 aliphatic heterocycles. The largest absolute Gasteiger partial charge is 0.393 e. The van der Waals surface area contributed by atoms with Crippen molar-refractivity contribution in [1.82, 2.24) is 0 Å². The third-order valence-electron chi connectivity index (χ3n) is 4.00. The van der Waals surface area contributed by atoms with Crippen molar-refractivity contribution in [2.75, 3.05) is 0 Å². The Kier molecular flexibility index (Phi) is 0.836. The van der Waals surface area contributed by atoms with E-state index >= 15 is 0 Å². The van der Waals surface area contributed by atoms with Crippen LogP contribution in [0, 0.1) is 23.7 Å².